The second kappa shape index (κ2) is 5.41. The lowest BCUT2D eigenvalue weighted by atomic mass is 10.1. The molecule has 0 saturated heterocycles. The van der Waals surface area contributed by atoms with Gasteiger partial charge in [-0.15, -0.1) is 0 Å². The van der Waals surface area contributed by atoms with Crippen molar-refractivity contribution in [1.82, 2.24) is 0 Å². The molecule has 0 aliphatic rings. The largest absolute Gasteiger partial charge is 0.489 e. The monoisotopic (exact) mass is 218 g/mol. The van der Waals surface area contributed by atoms with Gasteiger partial charge in [-0.05, 0) is 31.4 Å². The minimum atomic E-state index is 0.108. The van der Waals surface area contributed by atoms with Gasteiger partial charge in [-0.3, -0.25) is 0 Å². The highest BCUT2D eigenvalue weighted by molar-refractivity contribution is 5.63. The highest BCUT2D eigenvalue weighted by Crippen LogP contribution is 2.26. The van der Waals surface area contributed by atoms with Crippen molar-refractivity contribution in [3.8, 4) is 11.8 Å². The molecule has 0 amide bonds. The van der Waals surface area contributed by atoms with Crippen molar-refractivity contribution in [2.45, 2.75) is 33.3 Å². The van der Waals surface area contributed by atoms with Gasteiger partial charge in [-0.25, -0.2) is 0 Å². The van der Waals surface area contributed by atoms with E-state index >= 15 is 0 Å². The second-order valence-corrected chi connectivity index (χ2v) is 4.39. The molecule has 0 aromatic heterocycles. The van der Waals surface area contributed by atoms with Gasteiger partial charge in [0.25, 0.3) is 0 Å². The smallest absolute Gasteiger partial charge is 0.143 e. The van der Waals surface area contributed by atoms with Crippen LogP contribution in [0.5, 0.6) is 5.75 Å². The Hall–Kier alpha value is -1.69. The van der Waals surface area contributed by atoms with Crippen molar-refractivity contribution in [2.24, 2.45) is 5.92 Å². The van der Waals surface area contributed by atoms with Gasteiger partial charge in [-0.1, -0.05) is 19.9 Å². The molecule has 1 aromatic carbocycles. The Bertz CT molecular complexity index is 393. The molecule has 1 aromatic rings. The first-order valence-electron chi connectivity index (χ1n) is 5.49. The molecule has 0 bridgehead atoms. The lowest BCUT2D eigenvalue weighted by Crippen LogP contribution is -2.15. The zero-order chi connectivity index (χ0) is 12.1. The fraction of sp³-hybridized carbons (Fsp3) is 0.462. The summed E-state index contributed by atoms with van der Waals surface area (Å²) in [5.41, 5.74) is 6.72. The van der Waals surface area contributed by atoms with Gasteiger partial charge >= 0.3 is 0 Å². The van der Waals surface area contributed by atoms with Crippen LogP contribution in [0.2, 0.25) is 0 Å². The minimum Gasteiger partial charge on any atom is -0.489 e. The van der Waals surface area contributed by atoms with E-state index < -0.39 is 0 Å². The van der Waals surface area contributed by atoms with Crippen molar-refractivity contribution in [3.63, 3.8) is 0 Å². The Labute approximate surface area is 96.8 Å². The number of nitrogen functional groups attached to an aromatic ring is 1. The fourth-order valence-electron chi connectivity index (χ4n) is 1.67. The molecule has 86 valence electrons. The second-order valence-electron chi connectivity index (χ2n) is 4.39. The Morgan fingerprint density at radius 1 is 1.38 bits per heavy atom. The maximum atomic E-state index is 8.84. The third-order valence-corrected chi connectivity index (χ3v) is 2.32. The molecular formula is C13H18N2O. The number of para-hydroxylation sites is 1. The summed E-state index contributed by atoms with van der Waals surface area (Å²) in [5, 5.41) is 8.84. The lowest BCUT2D eigenvalue weighted by Gasteiger charge is -2.18. The first-order valence-corrected chi connectivity index (χ1v) is 5.49. The molecule has 0 radical (unpaired) electrons. The van der Waals surface area contributed by atoms with Crippen LogP contribution in [0.1, 0.15) is 32.8 Å². The standard InChI is InChI=1S/C13H18N2O/c1-9(2)7-10(3)16-12-6-4-5-11(8-14)13(12)15/h4-6,9-10H,7,15H2,1-3H3. The summed E-state index contributed by atoms with van der Waals surface area (Å²) >= 11 is 0. The van der Waals surface area contributed by atoms with Crippen LogP contribution in [0, 0.1) is 17.2 Å². The Morgan fingerprint density at radius 3 is 2.62 bits per heavy atom. The molecule has 0 fully saturated rings. The van der Waals surface area contributed by atoms with Crippen molar-refractivity contribution in [2.75, 3.05) is 5.73 Å². The van der Waals surface area contributed by atoms with E-state index in [4.69, 9.17) is 15.7 Å². The molecule has 0 aliphatic heterocycles. The number of nitrogens with zero attached hydrogens (tertiary/aromatic N) is 1. The summed E-state index contributed by atoms with van der Waals surface area (Å²) in [6, 6.07) is 7.32. The van der Waals surface area contributed by atoms with Crippen LogP contribution in [-0.4, -0.2) is 6.10 Å². The summed E-state index contributed by atoms with van der Waals surface area (Å²) in [4.78, 5) is 0. The van der Waals surface area contributed by atoms with Crippen molar-refractivity contribution >= 4 is 5.69 Å². The molecule has 0 aliphatic carbocycles. The number of anilines is 1. The number of hydrogen-bond donors (Lipinski definition) is 1. The van der Waals surface area contributed by atoms with E-state index in [-0.39, 0.29) is 6.10 Å². The molecule has 2 N–H and O–H groups in total. The molecule has 3 heteroatoms. The number of nitrogens with two attached hydrogens (primary N) is 1. The number of nitriles is 1. The highest BCUT2D eigenvalue weighted by Gasteiger charge is 2.10. The van der Waals surface area contributed by atoms with E-state index in [1.54, 1.807) is 18.2 Å². The van der Waals surface area contributed by atoms with Crippen LogP contribution in [0.3, 0.4) is 0 Å². The zero-order valence-electron chi connectivity index (χ0n) is 10.0. The predicted octanol–water partition coefficient (Wildman–Crippen LogP) is 2.95. The van der Waals surface area contributed by atoms with E-state index in [1.807, 2.05) is 13.0 Å². The molecule has 1 rings (SSSR count). The van der Waals surface area contributed by atoms with Crippen molar-refractivity contribution < 1.29 is 4.74 Å². The van der Waals surface area contributed by atoms with Gasteiger partial charge in [-0.2, -0.15) is 5.26 Å². The maximum absolute atomic E-state index is 8.84. The minimum absolute atomic E-state index is 0.108. The summed E-state index contributed by atoms with van der Waals surface area (Å²) < 4.78 is 5.72. The third-order valence-electron chi connectivity index (χ3n) is 2.32. The van der Waals surface area contributed by atoms with Crippen LogP contribution < -0.4 is 10.5 Å². The van der Waals surface area contributed by atoms with Crippen LogP contribution in [0.4, 0.5) is 5.69 Å². The number of benzene rings is 1. The van der Waals surface area contributed by atoms with Crippen LogP contribution >= 0.6 is 0 Å². The highest BCUT2D eigenvalue weighted by atomic mass is 16.5. The average Bonchev–Trinajstić information content (AvgIpc) is 2.20. The summed E-state index contributed by atoms with van der Waals surface area (Å²) in [7, 11) is 0. The normalized spacial score (nSPS) is 12.2. The molecule has 0 heterocycles. The van der Waals surface area contributed by atoms with E-state index in [2.05, 4.69) is 13.8 Å². The van der Waals surface area contributed by atoms with E-state index in [1.165, 1.54) is 0 Å². The Balaban J connectivity index is 2.78. The fourth-order valence-corrected chi connectivity index (χ4v) is 1.67. The Morgan fingerprint density at radius 2 is 2.06 bits per heavy atom. The first-order chi connectivity index (χ1) is 7.54. The summed E-state index contributed by atoms with van der Waals surface area (Å²) in [5.74, 6) is 1.18. The van der Waals surface area contributed by atoms with E-state index in [0.717, 1.165) is 6.42 Å². The third kappa shape index (κ3) is 3.16. The van der Waals surface area contributed by atoms with E-state index in [9.17, 15) is 0 Å². The number of rotatable bonds is 4. The maximum Gasteiger partial charge on any atom is 0.143 e. The van der Waals surface area contributed by atoms with Gasteiger partial charge in [0.2, 0.25) is 0 Å². The van der Waals surface area contributed by atoms with Crippen LogP contribution in [-0.2, 0) is 0 Å². The lowest BCUT2D eigenvalue weighted by molar-refractivity contribution is 0.194. The molecule has 3 nitrogen and oxygen atoms in total. The summed E-state index contributed by atoms with van der Waals surface area (Å²) in [6.07, 6.45) is 1.08. The number of hydrogen-bond acceptors (Lipinski definition) is 3. The number of ether oxygens (including phenoxy) is 1. The molecular weight excluding hydrogens is 200 g/mol. The van der Waals surface area contributed by atoms with Gasteiger partial charge in [0.05, 0.1) is 17.4 Å². The average molecular weight is 218 g/mol. The predicted molar refractivity (Wildman–Crippen MR) is 65.1 cm³/mol. The van der Waals surface area contributed by atoms with Crippen molar-refractivity contribution in [1.29, 1.82) is 5.26 Å². The van der Waals surface area contributed by atoms with Gasteiger partial charge in [0, 0.05) is 0 Å². The van der Waals surface area contributed by atoms with E-state index in [0.29, 0.717) is 22.9 Å². The zero-order valence-corrected chi connectivity index (χ0v) is 10.0. The van der Waals surface area contributed by atoms with Crippen LogP contribution in [0.15, 0.2) is 18.2 Å². The van der Waals surface area contributed by atoms with Crippen molar-refractivity contribution in [3.05, 3.63) is 23.8 Å². The molecule has 0 saturated carbocycles. The molecule has 0 spiro atoms. The van der Waals surface area contributed by atoms with Gasteiger partial charge in [0.1, 0.15) is 11.8 Å². The van der Waals surface area contributed by atoms with Crippen LogP contribution in [0.25, 0.3) is 0 Å². The first kappa shape index (κ1) is 12.4. The van der Waals surface area contributed by atoms with Gasteiger partial charge < -0.3 is 10.5 Å². The Kier molecular flexibility index (Phi) is 4.19. The summed E-state index contributed by atoms with van der Waals surface area (Å²) in [6.45, 7) is 6.31. The van der Waals surface area contributed by atoms with Gasteiger partial charge in [0.15, 0.2) is 0 Å². The quantitative estimate of drug-likeness (QED) is 0.790. The molecule has 1 unspecified atom stereocenters. The SMILES string of the molecule is CC(C)CC(C)Oc1cccc(C#N)c1N. The molecule has 16 heavy (non-hydrogen) atoms. The molecule has 1 atom stereocenters. The topological polar surface area (TPSA) is 59.0 Å².